The number of amides is 2. The predicted molar refractivity (Wildman–Crippen MR) is 101 cm³/mol. The minimum absolute atomic E-state index is 0.175. The number of nitrogens with one attached hydrogen (secondary N) is 2. The Bertz CT molecular complexity index is 768. The van der Waals surface area contributed by atoms with Crippen LogP contribution in [0.5, 0.6) is 0 Å². The molecule has 1 aliphatic rings. The van der Waals surface area contributed by atoms with Crippen LogP contribution in [0.1, 0.15) is 65.8 Å². The van der Waals surface area contributed by atoms with Gasteiger partial charge in [0.25, 0.3) is 11.8 Å². The molecule has 1 aromatic carbocycles. The summed E-state index contributed by atoms with van der Waals surface area (Å²) in [6, 6.07) is 9.30. The molecule has 138 valence electrons. The molecule has 0 radical (unpaired) electrons. The van der Waals surface area contributed by atoms with E-state index in [9.17, 15) is 9.59 Å². The molecule has 0 atom stereocenters. The third-order valence-corrected chi connectivity index (χ3v) is 4.63. The summed E-state index contributed by atoms with van der Waals surface area (Å²) in [5.74, 6) is -0.128. The van der Waals surface area contributed by atoms with Gasteiger partial charge < -0.3 is 15.2 Å². The Balaban J connectivity index is 1.79. The second-order valence-corrected chi connectivity index (χ2v) is 6.62. The zero-order chi connectivity index (χ0) is 18.4. The minimum Gasteiger partial charge on any atom is -0.351 e. The number of benzene rings is 1. The van der Waals surface area contributed by atoms with E-state index in [-0.39, 0.29) is 11.8 Å². The van der Waals surface area contributed by atoms with Crippen molar-refractivity contribution in [3.05, 3.63) is 47.5 Å². The van der Waals surface area contributed by atoms with Gasteiger partial charge in [-0.1, -0.05) is 38.0 Å². The first-order valence-electron chi connectivity index (χ1n) is 9.44. The van der Waals surface area contributed by atoms with Gasteiger partial charge in [-0.05, 0) is 37.8 Å². The van der Waals surface area contributed by atoms with Crippen LogP contribution in [0, 0.1) is 0 Å². The average Bonchev–Trinajstić information content (AvgIpc) is 3.06. The van der Waals surface area contributed by atoms with E-state index in [1.807, 2.05) is 34.9 Å². The van der Waals surface area contributed by atoms with Crippen molar-refractivity contribution >= 4 is 17.5 Å². The number of nitrogens with zero attached hydrogens (tertiary/aromatic N) is 2. The zero-order valence-electron chi connectivity index (χ0n) is 15.3. The fourth-order valence-corrected chi connectivity index (χ4v) is 3.27. The lowest BCUT2D eigenvalue weighted by molar-refractivity contribution is 0.0947. The summed E-state index contributed by atoms with van der Waals surface area (Å²) in [6.45, 7) is 3.50. The second-order valence-electron chi connectivity index (χ2n) is 6.62. The number of para-hydroxylation sites is 1. The van der Waals surface area contributed by atoms with Gasteiger partial charge in [0.05, 0.1) is 5.69 Å². The molecule has 1 aliphatic heterocycles. The molecule has 2 N–H and O–H groups in total. The van der Waals surface area contributed by atoms with Gasteiger partial charge >= 0.3 is 0 Å². The van der Waals surface area contributed by atoms with Gasteiger partial charge in [-0.3, -0.25) is 9.59 Å². The summed E-state index contributed by atoms with van der Waals surface area (Å²) in [5.41, 5.74) is 2.00. The Kier molecular flexibility index (Phi) is 6.04. The van der Waals surface area contributed by atoms with Crippen molar-refractivity contribution in [1.82, 2.24) is 14.9 Å². The van der Waals surface area contributed by atoms with Crippen molar-refractivity contribution in [3.8, 4) is 0 Å². The van der Waals surface area contributed by atoms with Gasteiger partial charge in [-0.15, -0.1) is 0 Å². The summed E-state index contributed by atoms with van der Waals surface area (Å²) in [5, 5.41) is 5.81. The first kappa shape index (κ1) is 18.2. The summed E-state index contributed by atoms with van der Waals surface area (Å²) in [7, 11) is 0. The molecule has 2 aromatic rings. The smallest absolute Gasteiger partial charge is 0.291 e. The molecule has 6 heteroatoms. The van der Waals surface area contributed by atoms with Crippen LogP contribution in [0.2, 0.25) is 0 Å². The van der Waals surface area contributed by atoms with E-state index in [1.54, 1.807) is 0 Å². The fraction of sp³-hybridized carbons (Fsp3) is 0.450. The van der Waals surface area contributed by atoms with Crippen LogP contribution in [-0.4, -0.2) is 27.9 Å². The Labute approximate surface area is 154 Å². The van der Waals surface area contributed by atoms with Crippen molar-refractivity contribution in [2.75, 3.05) is 11.9 Å². The van der Waals surface area contributed by atoms with Gasteiger partial charge in [-0.25, -0.2) is 4.98 Å². The lowest BCUT2D eigenvalue weighted by atomic mass is 10.1. The summed E-state index contributed by atoms with van der Waals surface area (Å²) >= 11 is 0. The Morgan fingerprint density at radius 2 is 1.92 bits per heavy atom. The third kappa shape index (κ3) is 4.12. The lowest BCUT2D eigenvalue weighted by Gasteiger charge is -2.17. The van der Waals surface area contributed by atoms with Crippen LogP contribution in [0.25, 0.3) is 0 Å². The molecule has 6 nitrogen and oxygen atoms in total. The van der Waals surface area contributed by atoms with Gasteiger partial charge in [-0.2, -0.15) is 0 Å². The Morgan fingerprint density at radius 3 is 2.69 bits per heavy atom. The van der Waals surface area contributed by atoms with Gasteiger partial charge in [0.15, 0.2) is 5.82 Å². The van der Waals surface area contributed by atoms with Crippen molar-refractivity contribution in [3.63, 3.8) is 0 Å². The van der Waals surface area contributed by atoms with Crippen LogP contribution < -0.4 is 10.6 Å². The van der Waals surface area contributed by atoms with Crippen LogP contribution in [0.3, 0.4) is 0 Å². The number of fused-ring (bicyclic) bond motifs is 1. The van der Waals surface area contributed by atoms with E-state index in [2.05, 4.69) is 22.5 Å². The molecular weight excluding hydrogens is 328 g/mol. The lowest BCUT2D eigenvalue weighted by Crippen LogP contribution is -2.26. The number of unbranched alkanes of at least 4 members (excludes halogenated alkanes) is 2. The zero-order valence-corrected chi connectivity index (χ0v) is 15.3. The largest absolute Gasteiger partial charge is 0.351 e. The molecule has 1 aromatic heterocycles. The summed E-state index contributed by atoms with van der Waals surface area (Å²) in [4.78, 5) is 29.7. The van der Waals surface area contributed by atoms with E-state index < -0.39 is 0 Å². The summed E-state index contributed by atoms with van der Waals surface area (Å²) in [6.07, 6.45) is 5.95. The second kappa shape index (κ2) is 8.65. The van der Waals surface area contributed by atoms with Crippen LogP contribution in [0.4, 0.5) is 5.69 Å². The molecule has 0 saturated carbocycles. The van der Waals surface area contributed by atoms with Crippen LogP contribution in [0.15, 0.2) is 30.3 Å². The van der Waals surface area contributed by atoms with E-state index >= 15 is 0 Å². The number of hydrogen-bond acceptors (Lipinski definition) is 3. The number of imidazole rings is 1. The highest BCUT2D eigenvalue weighted by atomic mass is 16.2. The molecule has 26 heavy (non-hydrogen) atoms. The first-order valence-corrected chi connectivity index (χ1v) is 9.44. The highest BCUT2D eigenvalue weighted by molar-refractivity contribution is 6.03. The molecule has 0 aliphatic carbocycles. The minimum atomic E-state index is -0.274. The number of aromatic nitrogens is 2. The molecular formula is C20H26N4O2. The Hall–Kier alpha value is -2.63. The standard InChI is InChI=1S/C20H26N4O2/c1-2-3-8-13-21-19(25)17-16-12-7-9-14-24(16)18(23-17)20(26)22-15-10-5-4-6-11-15/h4-6,10-11H,2-3,7-9,12-14H2,1H3,(H,21,25)(H,22,26). The van der Waals surface area contributed by atoms with Gasteiger partial charge in [0.2, 0.25) is 0 Å². The molecule has 0 bridgehead atoms. The average molecular weight is 354 g/mol. The topological polar surface area (TPSA) is 76.0 Å². The number of carbonyl (C=O) groups excluding carboxylic acids is 2. The maximum absolute atomic E-state index is 12.7. The number of carbonyl (C=O) groups is 2. The maximum Gasteiger partial charge on any atom is 0.291 e. The molecule has 0 unspecified atom stereocenters. The quantitative estimate of drug-likeness (QED) is 0.748. The highest BCUT2D eigenvalue weighted by Crippen LogP contribution is 2.22. The van der Waals surface area contributed by atoms with E-state index in [1.165, 1.54) is 0 Å². The monoisotopic (exact) mass is 354 g/mol. The van der Waals surface area contributed by atoms with Gasteiger partial charge in [0.1, 0.15) is 5.69 Å². The van der Waals surface area contributed by atoms with Crippen LogP contribution in [-0.2, 0) is 13.0 Å². The fourth-order valence-electron chi connectivity index (χ4n) is 3.27. The maximum atomic E-state index is 12.7. The van der Waals surface area contributed by atoms with Crippen molar-refractivity contribution in [1.29, 1.82) is 0 Å². The normalized spacial score (nSPS) is 13.1. The molecule has 3 rings (SSSR count). The van der Waals surface area contributed by atoms with Crippen LogP contribution >= 0.6 is 0 Å². The van der Waals surface area contributed by atoms with E-state index in [0.717, 1.165) is 56.5 Å². The third-order valence-electron chi connectivity index (χ3n) is 4.63. The Morgan fingerprint density at radius 1 is 1.12 bits per heavy atom. The van der Waals surface area contributed by atoms with Gasteiger partial charge in [0, 0.05) is 18.8 Å². The molecule has 2 amide bonds. The number of rotatable bonds is 7. The molecule has 0 spiro atoms. The van der Waals surface area contributed by atoms with Crippen molar-refractivity contribution < 1.29 is 9.59 Å². The number of hydrogen-bond donors (Lipinski definition) is 2. The predicted octanol–water partition coefficient (Wildman–Crippen LogP) is 3.39. The highest BCUT2D eigenvalue weighted by Gasteiger charge is 2.27. The molecule has 0 saturated heterocycles. The summed E-state index contributed by atoms with van der Waals surface area (Å²) < 4.78 is 1.91. The van der Waals surface area contributed by atoms with E-state index in [0.29, 0.717) is 18.1 Å². The van der Waals surface area contributed by atoms with Crippen molar-refractivity contribution in [2.24, 2.45) is 0 Å². The first-order chi connectivity index (χ1) is 12.7. The van der Waals surface area contributed by atoms with Crippen molar-refractivity contribution in [2.45, 2.75) is 52.0 Å². The molecule has 0 fully saturated rings. The SMILES string of the molecule is CCCCCNC(=O)c1nc(C(=O)Nc2ccccc2)n2c1CCCC2. The van der Waals surface area contributed by atoms with E-state index in [4.69, 9.17) is 0 Å². The molecule has 2 heterocycles. The number of anilines is 1.